The Balaban J connectivity index is 2.31. The van der Waals surface area contributed by atoms with Crippen molar-refractivity contribution in [3.8, 4) is 0 Å². The molecule has 6 nitrogen and oxygen atoms in total. The third kappa shape index (κ3) is 5.20. The van der Waals surface area contributed by atoms with Crippen LogP contribution in [-0.2, 0) is 14.8 Å². The van der Waals surface area contributed by atoms with Crippen molar-refractivity contribution in [1.82, 2.24) is 9.62 Å². The molecule has 0 saturated carbocycles. The molecule has 1 aromatic rings. The molecule has 1 aromatic carbocycles. The van der Waals surface area contributed by atoms with E-state index in [4.69, 9.17) is 4.74 Å². The monoisotopic (exact) mass is 386 g/mol. The lowest BCUT2D eigenvalue weighted by Crippen LogP contribution is -2.41. The molecule has 0 aliphatic carbocycles. The van der Waals surface area contributed by atoms with Gasteiger partial charge in [-0.3, -0.25) is 4.79 Å². The minimum atomic E-state index is -3.65. The van der Waals surface area contributed by atoms with Gasteiger partial charge in [0.2, 0.25) is 10.0 Å². The highest BCUT2D eigenvalue weighted by molar-refractivity contribution is 7.98. The van der Waals surface area contributed by atoms with Crippen LogP contribution >= 0.6 is 11.8 Å². The summed E-state index contributed by atoms with van der Waals surface area (Å²) in [7, 11) is -3.65. The number of rotatable bonds is 7. The van der Waals surface area contributed by atoms with Crippen molar-refractivity contribution in [3.63, 3.8) is 0 Å². The predicted molar refractivity (Wildman–Crippen MR) is 99.6 cm³/mol. The van der Waals surface area contributed by atoms with Crippen LogP contribution in [0.5, 0.6) is 0 Å². The van der Waals surface area contributed by atoms with Crippen LogP contribution in [0.2, 0.25) is 0 Å². The minimum absolute atomic E-state index is 0.130. The highest BCUT2D eigenvalue weighted by Gasteiger charge is 2.24. The maximum atomic E-state index is 12.8. The first-order valence-electron chi connectivity index (χ1n) is 8.46. The molecular formula is C17H26N2O4S2. The Morgan fingerprint density at radius 2 is 2.04 bits per heavy atom. The van der Waals surface area contributed by atoms with Gasteiger partial charge in [-0.1, -0.05) is 13.3 Å². The van der Waals surface area contributed by atoms with E-state index >= 15 is 0 Å². The first kappa shape index (κ1) is 20.2. The third-order valence-corrected chi connectivity index (χ3v) is 6.47. The van der Waals surface area contributed by atoms with Gasteiger partial charge in [0, 0.05) is 24.0 Å². The molecule has 0 aromatic heterocycles. The molecule has 1 atom stereocenters. The molecule has 1 aliphatic rings. The maximum Gasteiger partial charge on any atom is 0.255 e. The van der Waals surface area contributed by atoms with Crippen molar-refractivity contribution in [2.24, 2.45) is 0 Å². The molecule has 0 spiro atoms. The Morgan fingerprint density at radius 1 is 1.36 bits per heavy atom. The summed E-state index contributed by atoms with van der Waals surface area (Å²) in [6.07, 6.45) is 3.54. The van der Waals surface area contributed by atoms with Gasteiger partial charge in [0.05, 0.1) is 23.7 Å². The van der Waals surface area contributed by atoms with Crippen molar-refractivity contribution >= 4 is 27.7 Å². The number of carbonyl (C=O) groups excluding carboxylic acids is 1. The summed E-state index contributed by atoms with van der Waals surface area (Å²) in [5.41, 5.74) is 0.431. The number of morpholine rings is 1. The van der Waals surface area contributed by atoms with Gasteiger partial charge in [0.15, 0.2) is 0 Å². The number of sulfonamides is 1. The smallest absolute Gasteiger partial charge is 0.255 e. The van der Waals surface area contributed by atoms with Crippen molar-refractivity contribution in [2.45, 2.75) is 42.5 Å². The Hall–Kier alpha value is -1.09. The number of ether oxygens (including phenoxy) is 1. The molecule has 140 valence electrons. The van der Waals surface area contributed by atoms with E-state index in [2.05, 4.69) is 4.72 Å². The zero-order chi connectivity index (χ0) is 18.4. The molecule has 1 heterocycles. The molecule has 8 heteroatoms. The van der Waals surface area contributed by atoms with E-state index in [0.717, 1.165) is 17.7 Å². The number of thioether (sulfide) groups is 1. The number of nitrogens with one attached hydrogen (secondary N) is 1. The Bertz CT molecular complexity index is 701. The predicted octanol–water partition coefficient (Wildman–Crippen LogP) is 2.35. The fourth-order valence-corrected chi connectivity index (χ4v) is 4.66. The second-order valence-corrected chi connectivity index (χ2v) is 8.64. The number of carbonyl (C=O) groups is 1. The molecule has 0 bridgehead atoms. The molecule has 2 rings (SSSR count). The summed E-state index contributed by atoms with van der Waals surface area (Å²) >= 11 is 1.44. The molecule has 0 unspecified atom stereocenters. The fourth-order valence-electron chi connectivity index (χ4n) is 2.78. The number of hydrogen-bond donors (Lipinski definition) is 1. The van der Waals surface area contributed by atoms with Gasteiger partial charge in [-0.2, -0.15) is 0 Å². The van der Waals surface area contributed by atoms with E-state index in [1.807, 2.05) is 20.1 Å². The molecular weight excluding hydrogens is 360 g/mol. The first-order valence-corrected chi connectivity index (χ1v) is 11.2. The molecule has 1 amide bonds. The molecule has 1 aliphatic heterocycles. The average Bonchev–Trinajstić information content (AvgIpc) is 2.61. The molecule has 1 N–H and O–H groups in total. The zero-order valence-corrected chi connectivity index (χ0v) is 16.6. The van der Waals surface area contributed by atoms with Crippen molar-refractivity contribution in [2.75, 3.05) is 32.6 Å². The lowest BCUT2D eigenvalue weighted by Gasteiger charge is -2.27. The Kier molecular flexibility index (Phi) is 7.30. The van der Waals surface area contributed by atoms with Gasteiger partial charge in [0.25, 0.3) is 5.91 Å². The van der Waals surface area contributed by atoms with Crippen LogP contribution in [-0.4, -0.2) is 57.8 Å². The van der Waals surface area contributed by atoms with Crippen LogP contribution in [0, 0.1) is 0 Å². The number of nitrogens with zero attached hydrogens (tertiary/aromatic N) is 1. The Labute approximate surface area is 154 Å². The van der Waals surface area contributed by atoms with Crippen molar-refractivity contribution < 1.29 is 17.9 Å². The minimum Gasteiger partial charge on any atom is -0.378 e. The molecule has 1 saturated heterocycles. The van der Waals surface area contributed by atoms with Gasteiger partial charge in [-0.15, -0.1) is 11.8 Å². The van der Waals surface area contributed by atoms with E-state index in [9.17, 15) is 13.2 Å². The van der Waals surface area contributed by atoms with Crippen LogP contribution < -0.4 is 4.72 Å². The second kappa shape index (κ2) is 9.02. The second-order valence-electron chi connectivity index (χ2n) is 6.08. The molecule has 25 heavy (non-hydrogen) atoms. The van der Waals surface area contributed by atoms with E-state index < -0.39 is 10.0 Å². The quantitative estimate of drug-likeness (QED) is 0.728. The Morgan fingerprint density at radius 3 is 2.64 bits per heavy atom. The highest BCUT2D eigenvalue weighted by Crippen LogP contribution is 2.25. The highest BCUT2D eigenvalue weighted by atomic mass is 32.2. The van der Waals surface area contributed by atoms with Gasteiger partial charge < -0.3 is 9.64 Å². The third-order valence-electron chi connectivity index (χ3n) is 4.09. The molecule has 1 fully saturated rings. The van der Waals surface area contributed by atoms with Crippen LogP contribution in [0.15, 0.2) is 28.0 Å². The van der Waals surface area contributed by atoms with Gasteiger partial charge >= 0.3 is 0 Å². The number of hydrogen-bond acceptors (Lipinski definition) is 5. The van der Waals surface area contributed by atoms with Crippen LogP contribution in [0.4, 0.5) is 0 Å². The summed E-state index contributed by atoms with van der Waals surface area (Å²) in [6.45, 7) is 5.92. The van der Waals surface area contributed by atoms with E-state index in [1.165, 1.54) is 17.8 Å². The fraction of sp³-hybridized carbons (Fsp3) is 0.588. The van der Waals surface area contributed by atoms with Gasteiger partial charge in [-0.25, -0.2) is 13.1 Å². The maximum absolute atomic E-state index is 12.8. The largest absolute Gasteiger partial charge is 0.378 e. The summed E-state index contributed by atoms with van der Waals surface area (Å²) in [5.74, 6) is -0.147. The lowest BCUT2D eigenvalue weighted by atomic mass is 10.2. The van der Waals surface area contributed by atoms with E-state index in [-0.39, 0.29) is 16.8 Å². The van der Waals surface area contributed by atoms with Crippen LogP contribution in [0.25, 0.3) is 0 Å². The first-order chi connectivity index (χ1) is 11.9. The number of benzene rings is 1. The summed E-state index contributed by atoms with van der Waals surface area (Å²) in [6, 6.07) is 4.61. The van der Waals surface area contributed by atoms with E-state index in [1.54, 1.807) is 17.0 Å². The van der Waals surface area contributed by atoms with E-state index in [0.29, 0.717) is 31.9 Å². The SMILES string of the molecule is CCC[C@@H](C)NS(=O)(=O)c1ccc(SC)c(C(=O)N2CCOCC2)c1. The van der Waals surface area contributed by atoms with Crippen LogP contribution in [0.1, 0.15) is 37.0 Å². The summed E-state index contributed by atoms with van der Waals surface area (Å²) in [5, 5.41) is 0. The zero-order valence-electron chi connectivity index (χ0n) is 14.9. The van der Waals surface area contributed by atoms with Gasteiger partial charge in [-0.05, 0) is 37.8 Å². The van der Waals surface area contributed by atoms with Crippen molar-refractivity contribution in [3.05, 3.63) is 23.8 Å². The summed E-state index contributed by atoms with van der Waals surface area (Å²) < 4.78 is 33.2. The average molecular weight is 387 g/mol. The lowest BCUT2D eigenvalue weighted by molar-refractivity contribution is 0.0300. The van der Waals surface area contributed by atoms with Gasteiger partial charge in [0.1, 0.15) is 0 Å². The van der Waals surface area contributed by atoms with Crippen LogP contribution in [0.3, 0.4) is 0 Å². The normalized spacial score (nSPS) is 16.7. The van der Waals surface area contributed by atoms with Crippen molar-refractivity contribution in [1.29, 1.82) is 0 Å². The molecule has 0 radical (unpaired) electrons. The topological polar surface area (TPSA) is 75.7 Å². The summed E-state index contributed by atoms with van der Waals surface area (Å²) in [4.78, 5) is 15.4. The number of amides is 1. The standard InChI is InChI=1S/C17H26N2O4S2/c1-4-5-13(2)18-25(21,22)14-6-7-16(24-3)15(12-14)17(20)19-8-10-23-11-9-19/h6-7,12-13,18H,4-5,8-11H2,1-3H3/t13-/m1/s1.